The lowest BCUT2D eigenvalue weighted by molar-refractivity contribution is 0.0501. The minimum absolute atomic E-state index is 0.165. The SMILES string of the molecule is CCOCCOCCN[C@H]1[C@H]2CCCCC[C@]1(C)c1cc(OC)ccc1C2. The molecule has 0 aromatic heterocycles. The molecule has 1 aromatic carbocycles. The Morgan fingerprint density at radius 2 is 1.96 bits per heavy atom. The monoisotopic (exact) mass is 375 g/mol. The van der Waals surface area contributed by atoms with Crippen LogP contribution in [0.4, 0.5) is 0 Å². The van der Waals surface area contributed by atoms with E-state index < -0.39 is 0 Å². The number of nitrogens with one attached hydrogen (secondary N) is 1. The summed E-state index contributed by atoms with van der Waals surface area (Å²) in [6, 6.07) is 7.23. The van der Waals surface area contributed by atoms with Gasteiger partial charge >= 0.3 is 0 Å². The molecule has 0 aliphatic heterocycles. The first-order valence-corrected chi connectivity index (χ1v) is 10.8. The van der Waals surface area contributed by atoms with Gasteiger partial charge in [-0.05, 0) is 55.4 Å². The molecular formula is C23H37NO3. The van der Waals surface area contributed by atoms with Crippen LogP contribution in [0.5, 0.6) is 5.75 Å². The average Bonchev–Trinajstić information content (AvgIpc) is 2.68. The molecule has 1 N–H and O–H groups in total. The summed E-state index contributed by atoms with van der Waals surface area (Å²) in [6.45, 7) is 8.26. The predicted molar refractivity (Wildman–Crippen MR) is 110 cm³/mol. The van der Waals surface area contributed by atoms with Crippen molar-refractivity contribution in [2.24, 2.45) is 5.92 Å². The van der Waals surface area contributed by atoms with Gasteiger partial charge in [0.25, 0.3) is 0 Å². The molecule has 2 aliphatic rings. The normalized spacial score (nSPS) is 27.5. The van der Waals surface area contributed by atoms with Crippen LogP contribution in [0.25, 0.3) is 0 Å². The van der Waals surface area contributed by atoms with Gasteiger partial charge in [0, 0.05) is 24.6 Å². The minimum atomic E-state index is 0.165. The number of hydrogen-bond donors (Lipinski definition) is 1. The molecule has 3 atom stereocenters. The zero-order valence-corrected chi connectivity index (χ0v) is 17.4. The Morgan fingerprint density at radius 1 is 1.11 bits per heavy atom. The van der Waals surface area contributed by atoms with Crippen molar-refractivity contribution in [1.82, 2.24) is 5.32 Å². The molecule has 4 heteroatoms. The maximum absolute atomic E-state index is 5.74. The largest absolute Gasteiger partial charge is 0.497 e. The Bertz CT molecular complexity index is 591. The summed E-state index contributed by atoms with van der Waals surface area (Å²) >= 11 is 0. The van der Waals surface area contributed by atoms with E-state index in [0.29, 0.717) is 25.2 Å². The van der Waals surface area contributed by atoms with Crippen molar-refractivity contribution in [2.45, 2.75) is 63.8 Å². The summed E-state index contributed by atoms with van der Waals surface area (Å²) in [5.74, 6) is 1.69. The van der Waals surface area contributed by atoms with Crippen LogP contribution in [0.2, 0.25) is 0 Å². The summed E-state index contributed by atoms with van der Waals surface area (Å²) in [4.78, 5) is 0. The first-order chi connectivity index (χ1) is 13.2. The van der Waals surface area contributed by atoms with Gasteiger partial charge < -0.3 is 19.5 Å². The van der Waals surface area contributed by atoms with Gasteiger partial charge in [0.05, 0.1) is 26.9 Å². The van der Waals surface area contributed by atoms with Crippen LogP contribution < -0.4 is 10.1 Å². The molecule has 27 heavy (non-hydrogen) atoms. The van der Waals surface area contributed by atoms with E-state index in [2.05, 4.69) is 30.4 Å². The maximum atomic E-state index is 5.74. The number of rotatable bonds is 9. The predicted octanol–water partition coefficient (Wildman–Crippen LogP) is 4.10. The molecule has 0 saturated heterocycles. The standard InChI is InChI=1S/C23H37NO3/c1-4-26-14-15-27-13-12-24-22-19-8-6-5-7-11-23(22,2)21-17-20(25-3)10-9-18(21)16-19/h9-10,17,19,22,24H,4-8,11-16H2,1-3H3/t19-,22-,23+/m0/s1. The van der Waals surface area contributed by atoms with Gasteiger partial charge in [0.15, 0.2) is 0 Å². The second-order valence-corrected chi connectivity index (χ2v) is 8.25. The third kappa shape index (κ3) is 4.85. The Hall–Kier alpha value is -1.10. The Kier molecular flexibility index (Phi) is 7.57. The molecule has 1 aromatic rings. The molecule has 1 saturated carbocycles. The molecule has 0 spiro atoms. The number of benzene rings is 1. The number of ether oxygens (including phenoxy) is 3. The number of methoxy groups -OCH3 is 1. The molecule has 1 fully saturated rings. The number of fused-ring (bicyclic) bond motifs is 4. The van der Waals surface area contributed by atoms with Crippen LogP contribution in [0.3, 0.4) is 0 Å². The van der Waals surface area contributed by atoms with Crippen LogP contribution in [0, 0.1) is 5.92 Å². The van der Waals surface area contributed by atoms with Crippen molar-refractivity contribution in [1.29, 1.82) is 0 Å². The van der Waals surface area contributed by atoms with Gasteiger partial charge in [-0.15, -0.1) is 0 Å². The molecule has 0 amide bonds. The third-order valence-corrected chi connectivity index (χ3v) is 6.53. The van der Waals surface area contributed by atoms with E-state index in [1.807, 2.05) is 6.92 Å². The summed E-state index contributed by atoms with van der Waals surface area (Å²) in [7, 11) is 1.77. The highest BCUT2D eigenvalue weighted by molar-refractivity contribution is 5.44. The van der Waals surface area contributed by atoms with Crippen LogP contribution in [-0.4, -0.2) is 46.1 Å². The second-order valence-electron chi connectivity index (χ2n) is 8.25. The smallest absolute Gasteiger partial charge is 0.119 e. The molecule has 4 nitrogen and oxygen atoms in total. The lowest BCUT2D eigenvalue weighted by atomic mass is 9.59. The average molecular weight is 376 g/mol. The third-order valence-electron chi connectivity index (χ3n) is 6.53. The second kappa shape index (κ2) is 9.90. The Morgan fingerprint density at radius 3 is 2.78 bits per heavy atom. The zero-order valence-electron chi connectivity index (χ0n) is 17.4. The Labute approximate surface area is 165 Å². The van der Waals surface area contributed by atoms with Crippen molar-refractivity contribution in [3.8, 4) is 5.75 Å². The van der Waals surface area contributed by atoms with Gasteiger partial charge in [0.1, 0.15) is 5.75 Å². The summed E-state index contributed by atoms with van der Waals surface area (Å²) in [5.41, 5.74) is 3.18. The molecule has 3 rings (SSSR count). The van der Waals surface area contributed by atoms with Crippen LogP contribution >= 0.6 is 0 Å². The molecule has 0 unspecified atom stereocenters. The van der Waals surface area contributed by atoms with Crippen LogP contribution in [0.15, 0.2) is 18.2 Å². The van der Waals surface area contributed by atoms with Gasteiger partial charge in [0.2, 0.25) is 0 Å². The highest BCUT2D eigenvalue weighted by Gasteiger charge is 2.45. The van der Waals surface area contributed by atoms with E-state index >= 15 is 0 Å². The first kappa shape index (κ1) is 20.6. The summed E-state index contributed by atoms with van der Waals surface area (Å²) in [6.07, 6.45) is 7.77. The van der Waals surface area contributed by atoms with Gasteiger partial charge in [-0.25, -0.2) is 0 Å². The molecule has 2 aliphatic carbocycles. The van der Waals surface area contributed by atoms with Crippen molar-refractivity contribution >= 4 is 0 Å². The fourth-order valence-corrected chi connectivity index (χ4v) is 5.16. The minimum Gasteiger partial charge on any atom is -0.497 e. The fraction of sp³-hybridized carbons (Fsp3) is 0.739. The molecule has 0 heterocycles. The Balaban J connectivity index is 1.71. The zero-order chi connectivity index (χ0) is 19.1. The number of hydrogen-bond acceptors (Lipinski definition) is 4. The summed E-state index contributed by atoms with van der Waals surface area (Å²) < 4.78 is 16.6. The van der Waals surface area contributed by atoms with E-state index in [4.69, 9.17) is 14.2 Å². The summed E-state index contributed by atoms with van der Waals surface area (Å²) in [5, 5.41) is 3.89. The molecular weight excluding hydrogens is 338 g/mol. The van der Waals surface area contributed by atoms with Gasteiger partial charge in [-0.3, -0.25) is 0 Å². The lowest BCUT2D eigenvalue weighted by Gasteiger charge is -2.49. The lowest BCUT2D eigenvalue weighted by Crippen LogP contribution is -2.56. The first-order valence-electron chi connectivity index (χ1n) is 10.8. The fourth-order valence-electron chi connectivity index (χ4n) is 5.16. The van der Waals surface area contributed by atoms with Gasteiger partial charge in [-0.1, -0.05) is 32.3 Å². The molecule has 2 bridgehead atoms. The highest BCUT2D eigenvalue weighted by Crippen LogP contribution is 2.47. The highest BCUT2D eigenvalue weighted by atomic mass is 16.5. The topological polar surface area (TPSA) is 39.7 Å². The molecule has 0 radical (unpaired) electrons. The van der Waals surface area contributed by atoms with Gasteiger partial charge in [-0.2, -0.15) is 0 Å². The van der Waals surface area contributed by atoms with E-state index in [-0.39, 0.29) is 5.41 Å². The maximum Gasteiger partial charge on any atom is 0.119 e. The quantitative estimate of drug-likeness (QED) is 0.660. The van der Waals surface area contributed by atoms with Crippen molar-refractivity contribution in [3.63, 3.8) is 0 Å². The van der Waals surface area contributed by atoms with Crippen LogP contribution in [0.1, 0.15) is 57.1 Å². The van der Waals surface area contributed by atoms with E-state index in [0.717, 1.165) is 25.5 Å². The van der Waals surface area contributed by atoms with Crippen molar-refractivity contribution < 1.29 is 14.2 Å². The van der Waals surface area contributed by atoms with Crippen molar-refractivity contribution in [2.75, 3.05) is 40.1 Å². The van der Waals surface area contributed by atoms with E-state index in [1.54, 1.807) is 7.11 Å². The van der Waals surface area contributed by atoms with Crippen LogP contribution in [-0.2, 0) is 21.3 Å². The van der Waals surface area contributed by atoms with E-state index in [9.17, 15) is 0 Å². The van der Waals surface area contributed by atoms with E-state index in [1.165, 1.54) is 49.7 Å². The van der Waals surface area contributed by atoms with Crippen molar-refractivity contribution in [3.05, 3.63) is 29.3 Å². The molecule has 152 valence electrons.